The number of benzene rings is 2. The molecule has 2 amide bonds. The van der Waals surface area contributed by atoms with E-state index in [0.717, 1.165) is 36.9 Å². The summed E-state index contributed by atoms with van der Waals surface area (Å²) >= 11 is 6.07. The number of hydrogen-bond donors (Lipinski definition) is 3. The number of hydrogen-bond acceptors (Lipinski definition) is 3. The third kappa shape index (κ3) is 5.46. The van der Waals surface area contributed by atoms with Gasteiger partial charge in [-0.3, -0.25) is 9.59 Å². The Kier molecular flexibility index (Phi) is 7.47. The van der Waals surface area contributed by atoms with Crippen LogP contribution >= 0.6 is 11.6 Å². The van der Waals surface area contributed by atoms with E-state index in [1.54, 1.807) is 30.3 Å². The second-order valence-corrected chi connectivity index (χ2v) is 8.75. The van der Waals surface area contributed by atoms with Crippen LogP contribution in [0.5, 0.6) is 0 Å². The van der Waals surface area contributed by atoms with Gasteiger partial charge < -0.3 is 20.3 Å². The van der Waals surface area contributed by atoms with Crippen LogP contribution in [-0.4, -0.2) is 46.0 Å². The van der Waals surface area contributed by atoms with E-state index >= 15 is 0 Å². The lowest BCUT2D eigenvalue weighted by Crippen LogP contribution is -2.47. The lowest BCUT2D eigenvalue weighted by atomic mass is 10.0. The Balaban J connectivity index is 1.65. The molecule has 3 N–H and O–H groups in total. The lowest BCUT2D eigenvalue weighted by molar-refractivity contribution is -0.126. The molecule has 7 heteroatoms. The summed E-state index contributed by atoms with van der Waals surface area (Å²) in [6, 6.07) is 19.4. The van der Waals surface area contributed by atoms with Gasteiger partial charge in [-0.05, 0) is 48.2 Å². The fourth-order valence-electron chi connectivity index (χ4n) is 4.38. The van der Waals surface area contributed by atoms with Crippen molar-refractivity contribution in [3.05, 3.63) is 83.0 Å². The summed E-state index contributed by atoms with van der Waals surface area (Å²) in [7, 11) is 0. The highest BCUT2D eigenvalue weighted by molar-refractivity contribution is 6.30. The van der Waals surface area contributed by atoms with E-state index in [2.05, 4.69) is 10.3 Å². The molecule has 3 aromatic rings. The molecule has 1 aliphatic rings. The lowest BCUT2D eigenvalue weighted by Gasteiger charge is -2.31. The Hall–Kier alpha value is -3.09. The van der Waals surface area contributed by atoms with Crippen LogP contribution in [0.15, 0.2) is 66.7 Å². The third-order valence-electron chi connectivity index (χ3n) is 6.05. The zero-order valence-corrected chi connectivity index (χ0v) is 19.1. The summed E-state index contributed by atoms with van der Waals surface area (Å²) in [6.45, 7) is -0.247. The van der Waals surface area contributed by atoms with Crippen LogP contribution in [0.2, 0.25) is 5.02 Å². The number of H-pyrrole nitrogens is 1. The van der Waals surface area contributed by atoms with Crippen molar-refractivity contribution in [2.75, 3.05) is 13.2 Å². The summed E-state index contributed by atoms with van der Waals surface area (Å²) in [6.07, 6.45) is 4.04. The number of nitrogens with zero attached hydrogens (tertiary/aromatic N) is 1. The zero-order valence-electron chi connectivity index (χ0n) is 18.3. The fourth-order valence-corrected chi connectivity index (χ4v) is 4.51. The predicted molar refractivity (Wildman–Crippen MR) is 129 cm³/mol. The van der Waals surface area contributed by atoms with Gasteiger partial charge in [-0.25, -0.2) is 0 Å². The van der Waals surface area contributed by atoms with Gasteiger partial charge in [0.2, 0.25) is 5.91 Å². The van der Waals surface area contributed by atoms with E-state index in [-0.39, 0.29) is 31.0 Å². The van der Waals surface area contributed by atoms with Crippen molar-refractivity contribution in [2.24, 2.45) is 0 Å². The summed E-state index contributed by atoms with van der Waals surface area (Å²) in [4.78, 5) is 31.6. The molecule has 0 saturated heterocycles. The van der Waals surface area contributed by atoms with Gasteiger partial charge in [-0.2, -0.15) is 0 Å². The molecule has 2 aromatic carbocycles. The number of aliphatic hydroxyl groups excluding tert-OH is 1. The van der Waals surface area contributed by atoms with Gasteiger partial charge in [0, 0.05) is 23.3 Å². The molecular weight excluding hydrogens is 438 g/mol. The van der Waals surface area contributed by atoms with Gasteiger partial charge in [0.25, 0.3) is 5.91 Å². The van der Waals surface area contributed by atoms with Crippen molar-refractivity contribution in [3.8, 4) is 11.3 Å². The normalized spacial score (nSPS) is 14.7. The first-order chi connectivity index (χ1) is 16.1. The average molecular weight is 466 g/mol. The van der Waals surface area contributed by atoms with Gasteiger partial charge >= 0.3 is 0 Å². The third-order valence-corrected chi connectivity index (χ3v) is 6.30. The van der Waals surface area contributed by atoms with E-state index in [1.165, 1.54) is 4.90 Å². The van der Waals surface area contributed by atoms with Crippen LogP contribution in [0, 0.1) is 0 Å². The Bertz CT molecular complexity index is 1080. The molecule has 1 unspecified atom stereocenters. The maximum absolute atomic E-state index is 13.6. The first-order valence-electron chi connectivity index (χ1n) is 11.3. The Morgan fingerprint density at radius 3 is 2.39 bits per heavy atom. The number of aromatic amines is 1. The summed E-state index contributed by atoms with van der Waals surface area (Å²) in [5.74, 6) is -0.603. The van der Waals surface area contributed by atoms with Crippen molar-refractivity contribution in [3.63, 3.8) is 0 Å². The quantitative estimate of drug-likeness (QED) is 0.455. The van der Waals surface area contributed by atoms with Crippen LogP contribution in [0.25, 0.3) is 11.3 Å². The number of aliphatic hydroxyl groups is 1. The van der Waals surface area contributed by atoms with Crippen molar-refractivity contribution in [1.82, 2.24) is 15.2 Å². The molecule has 1 atom stereocenters. The van der Waals surface area contributed by atoms with E-state index in [9.17, 15) is 14.7 Å². The van der Waals surface area contributed by atoms with Gasteiger partial charge in [0.15, 0.2) is 0 Å². The second-order valence-electron chi connectivity index (χ2n) is 8.32. The van der Waals surface area contributed by atoms with Crippen LogP contribution in [0.3, 0.4) is 0 Å². The topological polar surface area (TPSA) is 85.4 Å². The zero-order chi connectivity index (χ0) is 23.2. The highest BCUT2D eigenvalue weighted by Gasteiger charge is 2.33. The predicted octanol–water partition coefficient (Wildman–Crippen LogP) is 4.57. The smallest absolute Gasteiger partial charge is 0.271 e. The maximum Gasteiger partial charge on any atom is 0.271 e. The molecule has 0 aliphatic heterocycles. The number of carbonyl (C=O) groups excluding carboxylic acids is 2. The number of aromatic nitrogens is 1. The van der Waals surface area contributed by atoms with E-state index < -0.39 is 6.04 Å². The number of halogens is 1. The van der Waals surface area contributed by atoms with Gasteiger partial charge in [-0.1, -0.05) is 66.9 Å². The van der Waals surface area contributed by atoms with E-state index in [1.807, 2.05) is 36.4 Å². The van der Waals surface area contributed by atoms with Gasteiger partial charge in [0.05, 0.1) is 6.61 Å². The minimum absolute atomic E-state index is 0.0178. The molecule has 1 fully saturated rings. The highest BCUT2D eigenvalue weighted by Crippen LogP contribution is 2.27. The van der Waals surface area contributed by atoms with Gasteiger partial charge in [-0.15, -0.1) is 0 Å². The molecule has 0 spiro atoms. The molecule has 0 radical (unpaired) electrons. The molecule has 1 aromatic heterocycles. The molecule has 1 saturated carbocycles. The Labute approximate surface area is 198 Å². The fraction of sp³-hybridized carbons (Fsp3) is 0.308. The number of nitrogens with one attached hydrogen (secondary N) is 2. The highest BCUT2D eigenvalue weighted by atomic mass is 35.5. The van der Waals surface area contributed by atoms with Crippen LogP contribution < -0.4 is 5.32 Å². The largest absolute Gasteiger partial charge is 0.395 e. The summed E-state index contributed by atoms with van der Waals surface area (Å²) in [5, 5.41) is 13.4. The van der Waals surface area contributed by atoms with Crippen LogP contribution in [0.4, 0.5) is 0 Å². The SMILES string of the molecule is O=C(NC1CCCC1)C(c1ccc(Cl)cc1)N(CCO)C(=O)c1ccc(-c2ccccc2)[nH]1. The second kappa shape index (κ2) is 10.7. The minimum Gasteiger partial charge on any atom is -0.395 e. The van der Waals surface area contributed by atoms with Crippen molar-refractivity contribution < 1.29 is 14.7 Å². The first-order valence-corrected chi connectivity index (χ1v) is 11.7. The van der Waals surface area contributed by atoms with Crippen LogP contribution in [-0.2, 0) is 4.79 Å². The minimum atomic E-state index is -0.883. The summed E-state index contributed by atoms with van der Waals surface area (Å²) in [5.41, 5.74) is 2.77. The van der Waals surface area contributed by atoms with Crippen LogP contribution in [0.1, 0.15) is 47.8 Å². The van der Waals surface area contributed by atoms with Crippen molar-refractivity contribution in [1.29, 1.82) is 0 Å². The van der Waals surface area contributed by atoms with Gasteiger partial charge in [0.1, 0.15) is 11.7 Å². The molecule has 0 bridgehead atoms. The molecule has 172 valence electrons. The molecular formula is C26H28ClN3O3. The number of amides is 2. The Morgan fingerprint density at radius 2 is 1.73 bits per heavy atom. The first kappa shape index (κ1) is 23.1. The van der Waals surface area contributed by atoms with E-state index in [0.29, 0.717) is 16.3 Å². The molecule has 6 nitrogen and oxygen atoms in total. The number of rotatable bonds is 8. The van der Waals surface area contributed by atoms with E-state index in [4.69, 9.17) is 11.6 Å². The monoisotopic (exact) mass is 465 g/mol. The number of carbonyl (C=O) groups is 2. The standard InChI is InChI=1S/C26H28ClN3O3/c27-20-12-10-19(11-13-20)24(25(32)28-21-8-4-5-9-21)30(16-17-31)26(33)23-15-14-22(29-23)18-6-2-1-3-7-18/h1-3,6-7,10-15,21,24,29,31H,4-5,8-9,16-17H2,(H,28,32). The maximum atomic E-state index is 13.6. The molecule has 4 rings (SSSR count). The molecule has 1 heterocycles. The molecule has 33 heavy (non-hydrogen) atoms. The summed E-state index contributed by atoms with van der Waals surface area (Å²) < 4.78 is 0. The Morgan fingerprint density at radius 1 is 1.03 bits per heavy atom. The molecule has 1 aliphatic carbocycles. The average Bonchev–Trinajstić information content (AvgIpc) is 3.52. The van der Waals surface area contributed by atoms with Crippen molar-refractivity contribution >= 4 is 23.4 Å². The van der Waals surface area contributed by atoms with Crippen molar-refractivity contribution in [2.45, 2.75) is 37.8 Å².